The second kappa shape index (κ2) is 11.1. The number of para-hydroxylation sites is 1. The lowest BCUT2D eigenvalue weighted by molar-refractivity contribution is 0.0697. The Morgan fingerprint density at radius 1 is 1.03 bits per heavy atom. The van der Waals surface area contributed by atoms with E-state index in [1.807, 2.05) is 56.0 Å². The van der Waals surface area contributed by atoms with Crippen molar-refractivity contribution in [3.05, 3.63) is 93.7 Å². The fourth-order valence-electron chi connectivity index (χ4n) is 4.10. The van der Waals surface area contributed by atoms with E-state index in [0.717, 1.165) is 11.3 Å². The monoisotopic (exact) mass is 524 g/mol. The third kappa shape index (κ3) is 5.20. The average Bonchev–Trinajstić information content (AvgIpc) is 3.28. The number of halogens is 2. The van der Waals surface area contributed by atoms with E-state index in [9.17, 15) is 9.90 Å². The predicted molar refractivity (Wildman–Crippen MR) is 143 cm³/mol. The number of aromatic nitrogens is 1. The summed E-state index contributed by atoms with van der Waals surface area (Å²) in [6.45, 7) is 6.83. The Morgan fingerprint density at radius 2 is 1.69 bits per heavy atom. The van der Waals surface area contributed by atoms with Gasteiger partial charge in [0.05, 0.1) is 26.9 Å². The van der Waals surface area contributed by atoms with Crippen molar-refractivity contribution in [2.45, 2.75) is 33.3 Å². The van der Waals surface area contributed by atoms with Gasteiger partial charge in [0.2, 0.25) is 0 Å². The number of carboxylic acid groups (broad SMARTS) is 1. The van der Waals surface area contributed by atoms with Gasteiger partial charge in [0, 0.05) is 23.7 Å². The Hall–Kier alpha value is -3.48. The maximum atomic E-state index is 11.7. The Bertz CT molecular complexity index is 1350. The smallest absolute Gasteiger partial charge is 0.337 e. The lowest BCUT2D eigenvalue weighted by Crippen LogP contribution is -2.19. The van der Waals surface area contributed by atoms with Gasteiger partial charge in [-0.15, -0.1) is 0 Å². The van der Waals surface area contributed by atoms with E-state index < -0.39 is 5.97 Å². The number of carboxylic acids is 1. The fraction of sp³-hybridized carbons (Fsp3) is 0.214. The molecule has 6 nitrogen and oxygen atoms in total. The molecule has 0 bridgehead atoms. The molecule has 4 rings (SSSR count). The molecule has 0 spiro atoms. The van der Waals surface area contributed by atoms with E-state index in [-0.39, 0.29) is 18.1 Å². The minimum atomic E-state index is -0.965. The lowest BCUT2D eigenvalue weighted by atomic mass is 10.0. The van der Waals surface area contributed by atoms with Gasteiger partial charge in [0.15, 0.2) is 0 Å². The first-order valence-corrected chi connectivity index (χ1v) is 12.3. The predicted octanol–water partition coefficient (Wildman–Crippen LogP) is 8.21. The molecule has 1 N–H and O–H groups in total. The number of hydrogen-bond donors (Lipinski definition) is 1. The van der Waals surface area contributed by atoms with Crippen molar-refractivity contribution in [1.29, 1.82) is 0 Å². The Labute approximate surface area is 220 Å². The van der Waals surface area contributed by atoms with Crippen LogP contribution in [0.1, 0.15) is 48.4 Å². The van der Waals surface area contributed by atoms with E-state index >= 15 is 0 Å². The first-order valence-electron chi connectivity index (χ1n) is 11.6. The summed E-state index contributed by atoms with van der Waals surface area (Å²) >= 11 is 12.9. The second-order valence-corrected chi connectivity index (χ2v) is 9.29. The standard InChI is InChI=1S/C28H26Cl2N2O4/c1-4-32(24-11-6-5-8-20(24)28(33)34)18-12-14-19(15-13-18)35-16-21-26(31-36-27(21)17(2)3)25-22(29)9-7-10-23(25)30/h5-15,17H,4,16H2,1-3H3,(H,33,34). The summed E-state index contributed by atoms with van der Waals surface area (Å²) in [5, 5.41) is 14.8. The van der Waals surface area contributed by atoms with Crippen LogP contribution in [0.3, 0.4) is 0 Å². The summed E-state index contributed by atoms with van der Waals surface area (Å²) in [5.74, 6) is 0.475. The van der Waals surface area contributed by atoms with Crippen LogP contribution in [-0.2, 0) is 6.61 Å². The first kappa shape index (κ1) is 25.6. The highest BCUT2D eigenvalue weighted by Gasteiger charge is 2.24. The summed E-state index contributed by atoms with van der Waals surface area (Å²) in [6, 6.07) is 19.8. The highest BCUT2D eigenvalue weighted by molar-refractivity contribution is 6.39. The number of rotatable bonds is 9. The van der Waals surface area contributed by atoms with Gasteiger partial charge in [-0.2, -0.15) is 0 Å². The molecule has 1 heterocycles. The summed E-state index contributed by atoms with van der Waals surface area (Å²) in [7, 11) is 0. The van der Waals surface area contributed by atoms with Gasteiger partial charge in [-0.25, -0.2) is 4.79 Å². The zero-order valence-electron chi connectivity index (χ0n) is 20.2. The number of aromatic carboxylic acids is 1. The van der Waals surface area contributed by atoms with Crippen molar-refractivity contribution in [2.75, 3.05) is 11.4 Å². The Morgan fingerprint density at radius 3 is 2.31 bits per heavy atom. The van der Waals surface area contributed by atoms with Gasteiger partial charge in [-0.3, -0.25) is 0 Å². The topological polar surface area (TPSA) is 75.8 Å². The number of benzene rings is 3. The van der Waals surface area contributed by atoms with Gasteiger partial charge >= 0.3 is 5.97 Å². The summed E-state index contributed by atoms with van der Waals surface area (Å²) in [5.41, 5.74) is 3.70. The molecular formula is C28H26Cl2N2O4. The fourth-order valence-corrected chi connectivity index (χ4v) is 4.67. The van der Waals surface area contributed by atoms with Crippen molar-refractivity contribution in [2.24, 2.45) is 0 Å². The molecule has 0 unspecified atom stereocenters. The minimum absolute atomic E-state index is 0.0842. The molecule has 0 amide bonds. The third-order valence-corrected chi connectivity index (χ3v) is 6.45. The maximum Gasteiger partial charge on any atom is 0.337 e. The van der Waals surface area contributed by atoms with Gasteiger partial charge < -0.3 is 19.3 Å². The van der Waals surface area contributed by atoms with Crippen LogP contribution in [0.4, 0.5) is 11.4 Å². The van der Waals surface area contributed by atoms with Crippen molar-refractivity contribution in [3.8, 4) is 17.0 Å². The van der Waals surface area contributed by atoms with E-state index in [4.69, 9.17) is 32.5 Å². The molecular weight excluding hydrogens is 499 g/mol. The van der Waals surface area contributed by atoms with Crippen LogP contribution in [0.5, 0.6) is 5.75 Å². The van der Waals surface area contributed by atoms with Crippen molar-refractivity contribution in [3.63, 3.8) is 0 Å². The van der Waals surface area contributed by atoms with Crippen LogP contribution in [-0.4, -0.2) is 22.8 Å². The van der Waals surface area contributed by atoms with E-state index in [1.54, 1.807) is 36.4 Å². The van der Waals surface area contributed by atoms with Gasteiger partial charge in [0.25, 0.3) is 0 Å². The van der Waals surface area contributed by atoms with Gasteiger partial charge in [-0.05, 0) is 55.5 Å². The molecule has 0 radical (unpaired) electrons. The van der Waals surface area contributed by atoms with E-state index in [0.29, 0.717) is 45.0 Å². The molecule has 8 heteroatoms. The molecule has 0 aliphatic heterocycles. The van der Waals surface area contributed by atoms with Crippen molar-refractivity contribution in [1.82, 2.24) is 5.16 Å². The first-order chi connectivity index (χ1) is 17.3. The highest BCUT2D eigenvalue weighted by atomic mass is 35.5. The molecule has 0 saturated carbocycles. The number of carbonyl (C=O) groups is 1. The van der Waals surface area contributed by atoms with Crippen LogP contribution in [0.25, 0.3) is 11.3 Å². The van der Waals surface area contributed by atoms with Gasteiger partial charge in [-0.1, -0.05) is 60.4 Å². The SMILES string of the molecule is CCN(c1ccc(OCc2c(-c3c(Cl)cccc3Cl)noc2C(C)C)cc1)c1ccccc1C(=O)O. The number of nitrogens with zero attached hydrogens (tertiary/aromatic N) is 2. The van der Waals surface area contributed by atoms with E-state index in [2.05, 4.69) is 5.16 Å². The summed E-state index contributed by atoms with van der Waals surface area (Å²) in [4.78, 5) is 13.6. The zero-order chi connectivity index (χ0) is 25.8. The quantitative estimate of drug-likeness (QED) is 0.237. The second-order valence-electron chi connectivity index (χ2n) is 8.47. The normalized spacial score (nSPS) is 11.1. The summed E-state index contributed by atoms with van der Waals surface area (Å²) < 4.78 is 11.8. The molecule has 36 heavy (non-hydrogen) atoms. The zero-order valence-corrected chi connectivity index (χ0v) is 21.7. The molecule has 0 saturated heterocycles. The van der Waals surface area contributed by atoms with Crippen LogP contribution in [0.15, 0.2) is 71.3 Å². The van der Waals surface area contributed by atoms with Crippen LogP contribution >= 0.6 is 23.2 Å². The Kier molecular flexibility index (Phi) is 7.87. The highest BCUT2D eigenvalue weighted by Crippen LogP contribution is 2.39. The number of anilines is 2. The molecule has 0 aliphatic rings. The van der Waals surface area contributed by atoms with Crippen molar-refractivity contribution < 1.29 is 19.2 Å². The van der Waals surface area contributed by atoms with E-state index in [1.165, 1.54) is 0 Å². The molecule has 3 aromatic carbocycles. The number of ether oxygens (including phenoxy) is 1. The molecule has 186 valence electrons. The molecule has 4 aromatic rings. The van der Waals surface area contributed by atoms with Crippen LogP contribution < -0.4 is 9.64 Å². The van der Waals surface area contributed by atoms with Crippen molar-refractivity contribution >= 4 is 40.5 Å². The van der Waals surface area contributed by atoms with Crippen LogP contribution in [0, 0.1) is 0 Å². The lowest BCUT2D eigenvalue weighted by Gasteiger charge is -2.25. The Balaban J connectivity index is 1.59. The third-order valence-electron chi connectivity index (χ3n) is 5.82. The molecule has 0 aliphatic carbocycles. The van der Waals surface area contributed by atoms with Gasteiger partial charge in [0.1, 0.15) is 23.8 Å². The largest absolute Gasteiger partial charge is 0.489 e. The molecule has 1 aromatic heterocycles. The molecule has 0 fully saturated rings. The maximum absolute atomic E-state index is 11.7. The minimum Gasteiger partial charge on any atom is -0.489 e. The number of hydrogen-bond acceptors (Lipinski definition) is 5. The summed E-state index contributed by atoms with van der Waals surface area (Å²) in [6.07, 6.45) is 0. The van der Waals surface area contributed by atoms with Crippen LogP contribution in [0.2, 0.25) is 10.0 Å². The molecule has 0 atom stereocenters. The average molecular weight is 525 g/mol.